The van der Waals surface area contributed by atoms with Gasteiger partial charge in [0.1, 0.15) is 19.0 Å². The van der Waals surface area contributed by atoms with E-state index in [1.165, 1.54) is 6.08 Å². The number of methoxy groups -OCH3 is 1. The Bertz CT molecular complexity index is 922. The molecular formula is C22H23NO7. The minimum Gasteiger partial charge on any atom is -0.493 e. The molecule has 1 aliphatic heterocycles. The lowest BCUT2D eigenvalue weighted by molar-refractivity contribution is -0.145. The first-order valence-electron chi connectivity index (χ1n) is 9.44. The number of ether oxygens (including phenoxy) is 5. The second-order valence-corrected chi connectivity index (χ2v) is 6.19. The molecule has 0 bridgehead atoms. The number of nitrogens with one attached hydrogen (secondary N) is 1. The molecule has 0 fully saturated rings. The van der Waals surface area contributed by atoms with E-state index in [1.807, 2.05) is 0 Å². The summed E-state index contributed by atoms with van der Waals surface area (Å²) >= 11 is 0. The van der Waals surface area contributed by atoms with Crippen molar-refractivity contribution >= 4 is 23.6 Å². The van der Waals surface area contributed by atoms with E-state index in [-0.39, 0.29) is 12.5 Å². The molecule has 30 heavy (non-hydrogen) atoms. The van der Waals surface area contributed by atoms with Gasteiger partial charge in [0, 0.05) is 17.8 Å². The van der Waals surface area contributed by atoms with Crippen molar-refractivity contribution in [1.29, 1.82) is 0 Å². The molecule has 1 aliphatic rings. The van der Waals surface area contributed by atoms with E-state index < -0.39 is 5.97 Å². The van der Waals surface area contributed by atoms with Crippen molar-refractivity contribution in [3.05, 3.63) is 48.0 Å². The van der Waals surface area contributed by atoms with Crippen LogP contribution in [0, 0.1) is 0 Å². The minimum absolute atomic E-state index is 0.197. The van der Waals surface area contributed by atoms with Gasteiger partial charge in [-0.3, -0.25) is 4.79 Å². The predicted octanol–water partition coefficient (Wildman–Crippen LogP) is 3.06. The van der Waals surface area contributed by atoms with Crippen LogP contribution < -0.4 is 24.3 Å². The number of fused-ring (bicyclic) bond motifs is 1. The summed E-state index contributed by atoms with van der Waals surface area (Å²) in [7, 11) is 1.55. The van der Waals surface area contributed by atoms with Crippen LogP contribution in [0.15, 0.2) is 42.5 Å². The fourth-order valence-corrected chi connectivity index (χ4v) is 2.75. The lowest BCUT2D eigenvalue weighted by Crippen LogP contribution is -2.16. The van der Waals surface area contributed by atoms with Gasteiger partial charge in [-0.25, -0.2) is 4.79 Å². The number of hydrogen-bond acceptors (Lipinski definition) is 7. The van der Waals surface area contributed by atoms with Gasteiger partial charge in [0.15, 0.2) is 18.1 Å². The van der Waals surface area contributed by atoms with E-state index in [2.05, 4.69) is 5.32 Å². The quantitative estimate of drug-likeness (QED) is 0.525. The van der Waals surface area contributed by atoms with Crippen molar-refractivity contribution in [1.82, 2.24) is 0 Å². The molecule has 0 unspecified atom stereocenters. The first-order chi connectivity index (χ1) is 14.6. The van der Waals surface area contributed by atoms with E-state index in [0.717, 1.165) is 5.56 Å². The van der Waals surface area contributed by atoms with Crippen LogP contribution in [0.1, 0.15) is 12.5 Å². The van der Waals surface area contributed by atoms with Gasteiger partial charge in [0.25, 0.3) is 0 Å². The Morgan fingerprint density at radius 2 is 2.00 bits per heavy atom. The second kappa shape index (κ2) is 10.2. The van der Waals surface area contributed by atoms with Crippen LogP contribution in [0.2, 0.25) is 0 Å². The summed E-state index contributed by atoms with van der Waals surface area (Å²) in [6.45, 7) is 2.74. The van der Waals surface area contributed by atoms with E-state index >= 15 is 0 Å². The zero-order chi connectivity index (χ0) is 21.3. The highest BCUT2D eigenvalue weighted by Gasteiger charge is 2.17. The molecule has 158 valence electrons. The van der Waals surface area contributed by atoms with Crippen LogP contribution in [-0.4, -0.2) is 45.4 Å². The molecule has 8 nitrogen and oxygen atoms in total. The van der Waals surface area contributed by atoms with E-state index in [9.17, 15) is 9.59 Å². The summed E-state index contributed by atoms with van der Waals surface area (Å²) in [6, 6.07) is 10.3. The summed E-state index contributed by atoms with van der Waals surface area (Å²) in [5.74, 6) is 1.34. The summed E-state index contributed by atoms with van der Waals surface area (Å²) in [4.78, 5) is 23.7. The van der Waals surface area contributed by atoms with Crippen LogP contribution in [0.4, 0.5) is 5.69 Å². The zero-order valence-electron chi connectivity index (χ0n) is 16.8. The van der Waals surface area contributed by atoms with E-state index in [1.54, 1.807) is 56.5 Å². The minimum atomic E-state index is -0.454. The van der Waals surface area contributed by atoms with Crippen molar-refractivity contribution < 1.29 is 33.3 Å². The maximum atomic E-state index is 12.3. The van der Waals surface area contributed by atoms with Crippen molar-refractivity contribution in [2.75, 3.05) is 38.9 Å². The lowest BCUT2D eigenvalue weighted by Gasteiger charge is -2.20. The van der Waals surface area contributed by atoms with Crippen molar-refractivity contribution in [3.63, 3.8) is 0 Å². The Balaban J connectivity index is 1.62. The molecule has 0 atom stereocenters. The predicted molar refractivity (Wildman–Crippen MR) is 110 cm³/mol. The third kappa shape index (κ3) is 5.66. The Labute approximate surface area is 174 Å². The molecule has 1 N–H and O–H groups in total. The topological polar surface area (TPSA) is 92.3 Å². The summed E-state index contributed by atoms with van der Waals surface area (Å²) in [5, 5.41) is 2.75. The Kier molecular flexibility index (Phi) is 7.15. The van der Waals surface area contributed by atoms with Gasteiger partial charge >= 0.3 is 5.97 Å². The van der Waals surface area contributed by atoms with Gasteiger partial charge in [-0.15, -0.1) is 0 Å². The maximum absolute atomic E-state index is 12.3. The van der Waals surface area contributed by atoms with Gasteiger partial charge in [-0.1, -0.05) is 6.07 Å². The first kappa shape index (κ1) is 21.0. The number of amides is 1. The van der Waals surface area contributed by atoms with Crippen LogP contribution in [-0.2, 0) is 14.3 Å². The number of carbonyl (C=O) groups is 2. The monoisotopic (exact) mass is 413 g/mol. The number of benzene rings is 2. The third-order valence-electron chi connectivity index (χ3n) is 4.04. The molecule has 0 saturated carbocycles. The average molecular weight is 413 g/mol. The molecule has 8 heteroatoms. The van der Waals surface area contributed by atoms with Crippen LogP contribution in [0.5, 0.6) is 23.0 Å². The largest absolute Gasteiger partial charge is 0.493 e. The maximum Gasteiger partial charge on any atom is 0.344 e. The highest BCUT2D eigenvalue weighted by Crippen LogP contribution is 2.40. The molecular weight excluding hydrogens is 390 g/mol. The van der Waals surface area contributed by atoms with Crippen molar-refractivity contribution in [3.8, 4) is 23.0 Å². The average Bonchev–Trinajstić information content (AvgIpc) is 2.76. The van der Waals surface area contributed by atoms with Crippen LogP contribution in [0.25, 0.3) is 6.08 Å². The number of esters is 1. The number of rotatable bonds is 8. The summed E-state index contributed by atoms with van der Waals surface area (Å²) < 4.78 is 26.7. The van der Waals surface area contributed by atoms with Gasteiger partial charge in [0.2, 0.25) is 11.7 Å². The molecule has 3 rings (SSSR count). The van der Waals surface area contributed by atoms with E-state index in [0.29, 0.717) is 48.5 Å². The van der Waals surface area contributed by atoms with Crippen LogP contribution in [0.3, 0.4) is 0 Å². The zero-order valence-corrected chi connectivity index (χ0v) is 16.8. The SMILES string of the molecule is CCOC(=O)COc1cccc(NC(=O)/C=C/c2cc(OC)c3c(c2)OCCO3)c1. The number of hydrogen-bond donors (Lipinski definition) is 1. The molecule has 1 amide bonds. The highest BCUT2D eigenvalue weighted by atomic mass is 16.6. The van der Waals surface area contributed by atoms with Gasteiger partial charge in [-0.05, 0) is 42.8 Å². The third-order valence-corrected chi connectivity index (χ3v) is 4.04. The standard InChI is InChI=1S/C22H23NO7/c1-3-27-21(25)14-30-17-6-4-5-16(13-17)23-20(24)8-7-15-11-18(26-2)22-19(12-15)28-9-10-29-22/h4-8,11-13H,3,9-10,14H2,1-2H3,(H,23,24)/b8-7+. The molecule has 2 aromatic rings. The summed E-state index contributed by atoms with van der Waals surface area (Å²) in [6.07, 6.45) is 3.05. The Morgan fingerprint density at radius 1 is 1.17 bits per heavy atom. The molecule has 2 aromatic carbocycles. The molecule has 0 spiro atoms. The smallest absolute Gasteiger partial charge is 0.344 e. The summed E-state index contributed by atoms with van der Waals surface area (Å²) in [5.41, 5.74) is 1.27. The normalized spacial score (nSPS) is 12.3. The first-order valence-corrected chi connectivity index (χ1v) is 9.44. The van der Waals surface area contributed by atoms with E-state index in [4.69, 9.17) is 23.7 Å². The van der Waals surface area contributed by atoms with Gasteiger partial charge in [0.05, 0.1) is 13.7 Å². The second-order valence-electron chi connectivity index (χ2n) is 6.19. The molecule has 0 aliphatic carbocycles. The number of anilines is 1. The molecule has 1 heterocycles. The fraction of sp³-hybridized carbons (Fsp3) is 0.273. The lowest BCUT2D eigenvalue weighted by atomic mass is 10.1. The van der Waals surface area contributed by atoms with Gasteiger partial charge < -0.3 is 29.0 Å². The van der Waals surface area contributed by atoms with Crippen molar-refractivity contribution in [2.45, 2.75) is 6.92 Å². The van der Waals surface area contributed by atoms with Crippen molar-refractivity contribution in [2.24, 2.45) is 0 Å². The molecule has 0 aromatic heterocycles. The molecule has 0 radical (unpaired) electrons. The molecule has 0 saturated heterocycles. The Hall–Kier alpha value is -3.68. The number of carbonyl (C=O) groups excluding carboxylic acids is 2. The van der Waals surface area contributed by atoms with Crippen LogP contribution >= 0.6 is 0 Å². The van der Waals surface area contributed by atoms with Gasteiger partial charge in [-0.2, -0.15) is 0 Å². The highest BCUT2D eigenvalue weighted by molar-refractivity contribution is 6.02. The Morgan fingerprint density at radius 3 is 2.80 bits per heavy atom. The fourth-order valence-electron chi connectivity index (χ4n) is 2.75.